The zero-order chi connectivity index (χ0) is 12.8. The van der Waals surface area contributed by atoms with Crippen LogP contribution in [0.2, 0.25) is 0 Å². The SMILES string of the molecule is CN=C(NC)NCc1ccccc1-n1ccnc1. The molecule has 1 aromatic carbocycles. The van der Waals surface area contributed by atoms with Gasteiger partial charge in [0.1, 0.15) is 0 Å². The Balaban J connectivity index is 2.18. The highest BCUT2D eigenvalue weighted by Gasteiger charge is 2.03. The fourth-order valence-electron chi connectivity index (χ4n) is 1.77. The number of nitrogens with one attached hydrogen (secondary N) is 2. The van der Waals surface area contributed by atoms with Crippen molar-refractivity contribution in [3.63, 3.8) is 0 Å². The molecule has 0 aliphatic rings. The lowest BCUT2D eigenvalue weighted by Crippen LogP contribution is -2.34. The molecule has 0 bridgehead atoms. The molecular formula is C13H17N5. The van der Waals surface area contributed by atoms with Gasteiger partial charge in [-0.1, -0.05) is 18.2 Å². The van der Waals surface area contributed by atoms with Crippen LogP contribution in [0, 0.1) is 0 Å². The molecular weight excluding hydrogens is 226 g/mol. The Hall–Kier alpha value is -2.30. The van der Waals surface area contributed by atoms with Crippen LogP contribution >= 0.6 is 0 Å². The van der Waals surface area contributed by atoms with Gasteiger partial charge in [-0.2, -0.15) is 0 Å². The molecule has 1 aromatic heterocycles. The van der Waals surface area contributed by atoms with E-state index in [1.54, 1.807) is 19.6 Å². The average Bonchev–Trinajstić information content (AvgIpc) is 2.94. The van der Waals surface area contributed by atoms with Crippen LogP contribution in [-0.2, 0) is 6.54 Å². The number of imidazole rings is 1. The van der Waals surface area contributed by atoms with Crippen molar-refractivity contribution in [3.8, 4) is 5.69 Å². The number of hydrogen-bond acceptors (Lipinski definition) is 2. The Morgan fingerprint density at radius 1 is 1.39 bits per heavy atom. The normalized spacial score (nSPS) is 11.3. The van der Waals surface area contributed by atoms with Crippen molar-refractivity contribution in [1.82, 2.24) is 20.2 Å². The predicted octanol–water partition coefficient (Wildman–Crippen LogP) is 1.17. The number of rotatable bonds is 3. The van der Waals surface area contributed by atoms with Crippen LogP contribution in [0.4, 0.5) is 0 Å². The van der Waals surface area contributed by atoms with E-state index in [0.29, 0.717) is 6.54 Å². The fraction of sp³-hybridized carbons (Fsp3) is 0.231. The van der Waals surface area contributed by atoms with Crippen LogP contribution in [0.5, 0.6) is 0 Å². The third-order valence-electron chi connectivity index (χ3n) is 2.68. The Bertz CT molecular complexity index is 516. The molecule has 0 amide bonds. The van der Waals surface area contributed by atoms with E-state index < -0.39 is 0 Å². The molecule has 0 unspecified atom stereocenters. The largest absolute Gasteiger partial charge is 0.359 e. The van der Waals surface area contributed by atoms with Gasteiger partial charge >= 0.3 is 0 Å². The minimum Gasteiger partial charge on any atom is -0.359 e. The number of guanidine groups is 1. The summed E-state index contributed by atoms with van der Waals surface area (Å²) in [5, 5.41) is 6.24. The smallest absolute Gasteiger partial charge is 0.190 e. The van der Waals surface area contributed by atoms with Gasteiger partial charge in [-0.25, -0.2) is 4.98 Å². The molecule has 2 rings (SSSR count). The summed E-state index contributed by atoms with van der Waals surface area (Å²) < 4.78 is 2.00. The predicted molar refractivity (Wildman–Crippen MR) is 72.8 cm³/mol. The third-order valence-corrected chi connectivity index (χ3v) is 2.68. The second-order valence-corrected chi connectivity index (χ2v) is 3.77. The number of para-hydroxylation sites is 1. The van der Waals surface area contributed by atoms with E-state index in [-0.39, 0.29) is 0 Å². The van der Waals surface area contributed by atoms with Crippen molar-refractivity contribution in [2.75, 3.05) is 14.1 Å². The first-order valence-corrected chi connectivity index (χ1v) is 5.80. The Morgan fingerprint density at radius 3 is 2.89 bits per heavy atom. The number of aromatic nitrogens is 2. The van der Waals surface area contributed by atoms with Gasteiger partial charge in [0.05, 0.1) is 12.0 Å². The molecule has 0 fully saturated rings. The minimum absolute atomic E-state index is 0.710. The summed E-state index contributed by atoms with van der Waals surface area (Å²) in [4.78, 5) is 8.16. The van der Waals surface area contributed by atoms with Crippen molar-refractivity contribution in [2.45, 2.75) is 6.54 Å². The summed E-state index contributed by atoms with van der Waals surface area (Å²) in [6, 6.07) is 8.21. The second kappa shape index (κ2) is 5.86. The third kappa shape index (κ3) is 2.68. The summed E-state index contributed by atoms with van der Waals surface area (Å²) >= 11 is 0. The number of benzene rings is 1. The molecule has 0 aliphatic heterocycles. The molecule has 2 N–H and O–H groups in total. The van der Waals surface area contributed by atoms with E-state index in [4.69, 9.17) is 0 Å². The highest BCUT2D eigenvalue weighted by atomic mass is 15.1. The maximum Gasteiger partial charge on any atom is 0.190 e. The molecule has 0 aliphatic carbocycles. The zero-order valence-electron chi connectivity index (χ0n) is 10.6. The summed E-state index contributed by atoms with van der Waals surface area (Å²) in [7, 11) is 3.59. The highest BCUT2D eigenvalue weighted by Crippen LogP contribution is 2.13. The molecule has 0 spiro atoms. The van der Waals surface area contributed by atoms with Crippen LogP contribution in [0.15, 0.2) is 48.0 Å². The monoisotopic (exact) mass is 243 g/mol. The van der Waals surface area contributed by atoms with Crippen LogP contribution in [0.1, 0.15) is 5.56 Å². The van der Waals surface area contributed by atoms with Crippen molar-refractivity contribution in [3.05, 3.63) is 48.5 Å². The van der Waals surface area contributed by atoms with Crippen molar-refractivity contribution >= 4 is 5.96 Å². The molecule has 0 saturated carbocycles. The maximum atomic E-state index is 4.09. The molecule has 5 nitrogen and oxygen atoms in total. The Morgan fingerprint density at radius 2 is 2.22 bits per heavy atom. The molecule has 18 heavy (non-hydrogen) atoms. The topological polar surface area (TPSA) is 54.2 Å². The molecule has 5 heteroatoms. The van der Waals surface area contributed by atoms with E-state index in [1.807, 2.05) is 29.9 Å². The second-order valence-electron chi connectivity index (χ2n) is 3.77. The fourth-order valence-corrected chi connectivity index (χ4v) is 1.77. The van der Waals surface area contributed by atoms with Gasteiger partial charge in [0.15, 0.2) is 5.96 Å². The van der Waals surface area contributed by atoms with E-state index in [2.05, 4.69) is 32.7 Å². The standard InChI is InChI=1S/C13H17N5/c1-14-13(15-2)17-9-11-5-3-4-6-12(11)18-8-7-16-10-18/h3-8,10H,9H2,1-2H3,(H2,14,15,17). The van der Waals surface area contributed by atoms with Crippen LogP contribution in [0.25, 0.3) is 5.69 Å². The number of hydrogen-bond donors (Lipinski definition) is 2. The van der Waals surface area contributed by atoms with Gasteiger partial charge < -0.3 is 15.2 Å². The maximum absolute atomic E-state index is 4.09. The molecule has 94 valence electrons. The number of aliphatic imine (C=N–C) groups is 1. The van der Waals surface area contributed by atoms with Gasteiger partial charge in [-0.15, -0.1) is 0 Å². The van der Waals surface area contributed by atoms with Gasteiger partial charge in [-0.05, 0) is 11.6 Å². The first-order valence-electron chi connectivity index (χ1n) is 5.80. The van der Waals surface area contributed by atoms with Crippen molar-refractivity contribution < 1.29 is 0 Å². The van der Waals surface area contributed by atoms with E-state index in [0.717, 1.165) is 11.6 Å². The summed E-state index contributed by atoms with van der Waals surface area (Å²) in [5.41, 5.74) is 2.31. The first-order chi connectivity index (χ1) is 8.85. The van der Waals surface area contributed by atoms with Gasteiger partial charge in [0, 0.05) is 33.0 Å². The van der Waals surface area contributed by atoms with Gasteiger partial charge in [-0.3, -0.25) is 4.99 Å². The van der Waals surface area contributed by atoms with E-state index >= 15 is 0 Å². The summed E-state index contributed by atoms with van der Waals surface area (Å²) in [6.07, 6.45) is 5.51. The van der Waals surface area contributed by atoms with Crippen molar-refractivity contribution in [1.29, 1.82) is 0 Å². The van der Waals surface area contributed by atoms with Gasteiger partial charge in [0.25, 0.3) is 0 Å². The quantitative estimate of drug-likeness (QED) is 0.628. The first kappa shape index (κ1) is 12.2. The molecule has 0 radical (unpaired) electrons. The van der Waals surface area contributed by atoms with E-state index in [1.165, 1.54) is 5.56 Å². The molecule has 2 aromatic rings. The zero-order valence-corrected chi connectivity index (χ0v) is 10.6. The lowest BCUT2D eigenvalue weighted by atomic mass is 10.1. The lowest BCUT2D eigenvalue weighted by molar-refractivity contribution is 0.852. The average molecular weight is 243 g/mol. The minimum atomic E-state index is 0.710. The molecule has 0 saturated heterocycles. The Labute approximate surface area is 107 Å². The summed E-state index contributed by atoms with van der Waals surface area (Å²) in [6.45, 7) is 0.710. The molecule has 0 atom stereocenters. The van der Waals surface area contributed by atoms with Crippen molar-refractivity contribution in [2.24, 2.45) is 4.99 Å². The summed E-state index contributed by atoms with van der Waals surface area (Å²) in [5.74, 6) is 0.774. The lowest BCUT2D eigenvalue weighted by Gasteiger charge is -2.12. The van der Waals surface area contributed by atoms with Crippen LogP contribution < -0.4 is 10.6 Å². The number of nitrogens with zero attached hydrogens (tertiary/aromatic N) is 3. The van der Waals surface area contributed by atoms with Crippen LogP contribution in [-0.4, -0.2) is 29.6 Å². The van der Waals surface area contributed by atoms with Crippen LogP contribution in [0.3, 0.4) is 0 Å². The molecule has 1 heterocycles. The Kier molecular flexibility index (Phi) is 3.96. The van der Waals surface area contributed by atoms with Gasteiger partial charge in [0.2, 0.25) is 0 Å². The van der Waals surface area contributed by atoms with E-state index in [9.17, 15) is 0 Å². The highest BCUT2D eigenvalue weighted by molar-refractivity contribution is 5.79.